The van der Waals surface area contributed by atoms with Crippen LogP contribution in [0.15, 0.2) is 91.0 Å². The van der Waals surface area contributed by atoms with Gasteiger partial charge in [-0.1, -0.05) is 60.7 Å². The lowest BCUT2D eigenvalue weighted by molar-refractivity contribution is -0.126. The third-order valence-electron chi connectivity index (χ3n) is 6.68. The first-order chi connectivity index (χ1) is 17.1. The summed E-state index contributed by atoms with van der Waals surface area (Å²) in [5.74, 6) is -1.24. The third kappa shape index (κ3) is 3.24. The predicted molar refractivity (Wildman–Crippen MR) is 131 cm³/mol. The summed E-state index contributed by atoms with van der Waals surface area (Å²) >= 11 is 0. The summed E-state index contributed by atoms with van der Waals surface area (Å²) < 4.78 is 5.31. The maximum atomic E-state index is 13.9. The molecule has 7 heteroatoms. The van der Waals surface area contributed by atoms with Gasteiger partial charge in [-0.25, -0.2) is 9.96 Å². The number of nitrogens with zero attached hydrogens (tertiary/aromatic N) is 2. The Labute approximate surface area is 201 Å². The van der Waals surface area contributed by atoms with Crippen LogP contribution in [0.1, 0.15) is 11.6 Å². The first kappa shape index (κ1) is 21.2. The topological polar surface area (TPSA) is 79.3 Å². The van der Waals surface area contributed by atoms with Gasteiger partial charge in [-0.15, -0.1) is 0 Å². The number of ether oxygens (including phenoxy) is 1. The van der Waals surface area contributed by atoms with Gasteiger partial charge in [-0.2, -0.15) is 0 Å². The number of anilines is 2. The van der Waals surface area contributed by atoms with E-state index in [4.69, 9.17) is 9.57 Å². The zero-order chi connectivity index (χ0) is 24.1. The van der Waals surface area contributed by atoms with Crippen LogP contribution >= 0.6 is 0 Å². The molecule has 0 saturated carbocycles. The quantitative estimate of drug-likeness (QED) is 0.443. The Kier molecular flexibility index (Phi) is 4.93. The molecular weight excluding hydrogens is 444 g/mol. The van der Waals surface area contributed by atoms with Gasteiger partial charge in [0.1, 0.15) is 5.92 Å². The number of methoxy groups -OCH3 is 1. The summed E-state index contributed by atoms with van der Waals surface area (Å²) in [6.07, 6.45) is -0.980. The molecule has 174 valence electrons. The van der Waals surface area contributed by atoms with E-state index in [1.54, 1.807) is 23.3 Å². The second kappa shape index (κ2) is 8.14. The molecule has 0 unspecified atom stereocenters. The second-order valence-electron chi connectivity index (χ2n) is 8.60. The highest BCUT2D eigenvalue weighted by Gasteiger charge is 2.60. The van der Waals surface area contributed by atoms with Gasteiger partial charge in [0.15, 0.2) is 17.6 Å². The van der Waals surface area contributed by atoms with E-state index < -0.39 is 24.0 Å². The Morgan fingerprint density at radius 1 is 0.857 bits per heavy atom. The average Bonchev–Trinajstić information content (AvgIpc) is 3.40. The number of para-hydroxylation sites is 1. The lowest BCUT2D eigenvalue weighted by atomic mass is 9.90. The van der Waals surface area contributed by atoms with Gasteiger partial charge in [0.2, 0.25) is 5.91 Å². The van der Waals surface area contributed by atoms with Crippen molar-refractivity contribution in [2.45, 2.75) is 12.1 Å². The van der Waals surface area contributed by atoms with E-state index in [1.165, 1.54) is 18.1 Å². The molecule has 2 fully saturated rings. The number of phenolic OH excluding ortho intramolecular Hbond substituents is 1. The van der Waals surface area contributed by atoms with Crippen molar-refractivity contribution in [2.75, 3.05) is 17.1 Å². The van der Waals surface area contributed by atoms with Crippen LogP contribution in [0.2, 0.25) is 0 Å². The van der Waals surface area contributed by atoms with E-state index in [0.29, 0.717) is 11.3 Å². The number of rotatable bonds is 4. The summed E-state index contributed by atoms with van der Waals surface area (Å²) in [6.45, 7) is 0. The number of fused-ring (bicyclic) bond motifs is 2. The standard InChI is InChI=1S/C28H22N2O5/c1-34-23-16-18(14-15-22(23)31)25-24-26(35-30(25)19-10-3-2-4-11-19)28(33)29(27(24)32)21-13-7-9-17-8-5-6-12-20(17)21/h2-16,24-26,31H,1H3/t24-,25-,26-/m0/s1. The number of aromatic hydroxyl groups is 1. The molecule has 1 N–H and O–H groups in total. The summed E-state index contributed by atoms with van der Waals surface area (Å²) in [7, 11) is 1.47. The highest BCUT2D eigenvalue weighted by molar-refractivity contribution is 6.26. The Hall–Kier alpha value is -4.36. The number of hydrogen-bond donors (Lipinski definition) is 1. The van der Waals surface area contributed by atoms with E-state index in [1.807, 2.05) is 66.7 Å². The maximum Gasteiger partial charge on any atom is 0.266 e. The van der Waals surface area contributed by atoms with Crippen LogP contribution in [-0.2, 0) is 14.4 Å². The lowest BCUT2D eigenvalue weighted by Crippen LogP contribution is -2.37. The normalized spacial score (nSPS) is 21.6. The molecule has 35 heavy (non-hydrogen) atoms. The first-order valence-corrected chi connectivity index (χ1v) is 11.3. The molecule has 0 bridgehead atoms. The SMILES string of the molecule is COc1cc([C@H]2[C@@H]3C(=O)N(c4cccc5ccccc45)C(=O)[C@H]3ON2c2ccccc2)ccc1O. The monoisotopic (exact) mass is 466 g/mol. The van der Waals surface area contributed by atoms with Crippen molar-refractivity contribution in [2.24, 2.45) is 5.92 Å². The Morgan fingerprint density at radius 3 is 2.40 bits per heavy atom. The molecule has 0 radical (unpaired) electrons. The van der Waals surface area contributed by atoms with Crippen molar-refractivity contribution in [3.8, 4) is 11.5 Å². The highest BCUT2D eigenvalue weighted by Crippen LogP contribution is 2.49. The summed E-state index contributed by atoms with van der Waals surface area (Å²) in [6, 6.07) is 26.9. The van der Waals surface area contributed by atoms with Crippen molar-refractivity contribution in [3.63, 3.8) is 0 Å². The molecular formula is C28H22N2O5. The molecule has 7 nitrogen and oxygen atoms in total. The number of imide groups is 1. The van der Waals surface area contributed by atoms with Gasteiger partial charge in [-0.05, 0) is 41.3 Å². The van der Waals surface area contributed by atoms with Gasteiger partial charge >= 0.3 is 0 Å². The molecule has 2 saturated heterocycles. The number of phenols is 1. The number of carbonyl (C=O) groups is 2. The van der Waals surface area contributed by atoms with Crippen LogP contribution in [0.5, 0.6) is 11.5 Å². The van der Waals surface area contributed by atoms with E-state index in [-0.39, 0.29) is 17.4 Å². The van der Waals surface area contributed by atoms with Gasteiger partial charge in [0, 0.05) is 5.39 Å². The van der Waals surface area contributed by atoms with Crippen molar-refractivity contribution in [1.29, 1.82) is 0 Å². The fourth-order valence-electron chi connectivity index (χ4n) is 5.07. The number of amides is 2. The number of hydrogen-bond acceptors (Lipinski definition) is 6. The summed E-state index contributed by atoms with van der Waals surface area (Å²) in [5.41, 5.74) is 1.96. The van der Waals surface area contributed by atoms with Crippen molar-refractivity contribution in [3.05, 3.63) is 96.6 Å². The fraction of sp³-hybridized carbons (Fsp3) is 0.143. The van der Waals surface area contributed by atoms with E-state index in [0.717, 1.165) is 16.5 Å². The highest BCUT2D eigenvalue weighted by atomic mass is 16.7. The molecule has 3 atom stereocenters. The summed E-state index contributed by atoms with van der Waals surface area (Å²) in [5, 5.41) is 13.5. The fourth-order valence-corrected chi connectivity index (χ4v) is 5.07. The van der Waals surface area contributed by atoms with Crippen molar-refractivity contribution >= 4 is 34.0 Å². The van der Waals surface area contributed by atoms with Crippen molar-refractivity contribution in [1.82, 2.24) is 0 Å². The van der Waals surface area contributed by atoms with Gasteiger partial charge in [-0.3, -0.25) is 14.4 Å². The molecule has 2 amide bonds. The van der Waals surface area contributed by atoms with Crippen LogP contribution < -0.4 is 14.7 Å². The van der Waals surface area contributed by atoms with Crippen LogP contribution in [0, 0.1) is 5.92 Å². The van der Waals surface area contributed by atoms with Crippen LogP contribution in [0.4, 0.5) is 11.4 Å². The van der Waals surface area contributed by atoms with Crippen LogP contribution in [0.25, 0.3) is 10.8 Å². The average molecular weight is 466 g/mol. The van der Waals surface area contributed by atoms with Gasteiger partial charge < -0.3 is 9.84 Å². The van der Waals surface area contributed by atoms with Gasteiger partial charge in [0.25, 0.3) is 5.91 Å². The molecule has 0 aliphatic carbocycles. The number of benzene rings is 4. The van der Waals surface area contributed by atoms with Crippen LogP contribution in [-0.4, -0.2) is 30.1 Å². The second-order valence-corrected chi connectivity index (χ2v) is 8.60. The largest absolute Gasteiger partial charge is 0.504 e. The maximum absolute atomic E-state index is 13.9. The Morgan fingerprint density at radius 2 is 1.60 bits per heavy atom. The molecule has 6 rings (SSSR count). The molecule has 2 aliphatic heterocycles. The predicted octanol–water partition coefficient (Wildman–Crippen LogP) is 4.61. The number of carbonyl (C=O) groups excluding carboxylic acids is 2. The molecule has 0 spiro atoms. The molecule has 0 aromatic heterocycles. The van der Waals surface area contributed by atoms with Crippen molar-refractivity contribution < 1.29 is 24.3 Å². The Bertz CT molecular complexity index is 1450. The van der Waals surface area contributed by atoms with E-state index in [2.05, 4.69) is 0 Å². The van der Waals surface area contributed by atoms with Gasteiger partial charge in [0.05, 0.1) is 24.5 Å². The molecule has 2 aliphatic rings. The minimum atomic E-state index is -0.980. The minimum Gasteiger partial charge on any atom is -0.504 e. The van der Waals surface area contributed by atoms with E-state index in [9.17, 15) is 14.7 Å². The molecule has 4 aromatic carbocycles. The summed E-state index contributed by atoms with van der Waals surface area (Å²) in [4.78, 5) is 35.1. The molecule has 4 aromatic rings. The Balaban J connectivity index is 1.48. The van der Waals surface area contributed by atoms with E-state index >= 15 is 0 Å². The van der Waals surface area contributed by atoms with Crippen LogP contribution in [0.3, 0.4) is 0 Å². The third-order valence-corrected chi connectivity index (χ3v) is 6.68. The smallest absolute Gasteiger partial charge is 0.266 e. The zero-order valence-electron chi connectivity index (χ0n) is 18.9. The first-order valence-electron chi connectivity index (χ1n) is 11.3. The molecule has 2 heterocycles. The minimum absolute atomic E-state index is 0.0100. The zero-order valence-corrected chi connectivity index (χ0v) is 18.9. The lowest BCUT2D eigenvalue weighted by Gasteiger charge is -2.29. The number of hydroxylamine groups is 1.